The first-order valence-corrected chi connectivity index (χ1v) is 12.6. The minimum atomic E-state index is -3.55. The van der Waals surface area contributed by atoms with Crippen molar-refractivity contribution < 1.29 is 22.7 Å². The van der Waals surface area contributed by atoms with Gasteiger partial charge in [-0.2, -0.15) is 4.31 Å². The number of rotatable bonds is 9. The minimum Gasteiger partial charge on any atom is -0.497 e. The molecule has 174 valence electrons. The molecule has 2 aliphatic heterocycles. The number of hydrogen-bond acceptors (Lipinski definition) is 6. The van der Waals surface area contributed by atoms with E-state index in [9.17, 15) is 13.2 Å². The van der Waals surface area contributed by atoms with Gasteiger partial charge in [0.15, 0.2) is 0 Å². The zero-order valence-electron chi connectivity index (χ0n) is 18.6. The van der Waals surface area contributed by atoms with E-state index in [2.05, 4.69) is 17.1 Å². The van der Waals surface area contributed by atoms with Crippen molar-refractivity contribution in [2.75, 3.05) is 59.6 Å². The molecule has 9 heteroatoms. The molecule has 31 heavy (non-hydrogen) atoms. The van der Waals surface area contributed by atoms with Gasteiger partial charge >= 0.3 is 0 Å². The lowest BCUT2D eigenvalue weighted by Crippen LogP contribution is -2.45. The fraction of sp³-hybridized carbons (Fsp3) is 0.682. The molecular weight excluding hydrogens is 418 g/mol. The molecule has 0 aromatic heterocycles. The van der Waals surface area contributed by atoms with Crippen LogP contribution >= 0.6 is 0 Å². The maximum Gasteiger partial charge on any atom is 0.243 e. The summed E-state index contributed by atoms with van der Waals surface area (Å²) < 4.78 is 38.1. The van der Waals surface area contributed by atoms with E-state index in [0.29, 0.717) is 38.2 Å². The van der Waals surface area contributed by atoms with Crippen molar-refractivity contribution >= 4 is 15.9 Å². The number of hydrogen-bond donors (Lipinski definition) is 1. The number of carbonyl (C=O) groups is 1. The van der Waals surface area contributed by atoms with Gasteiger partial charge in [0.25, 0.3) is 0 Å². The smallest absolute Gasteiger partial charge is 0.243 e. The van der Waals surface area contributed by atoms with Crippen molar-refractivity contribution in [1.82, 2.24) is 14.5 Å². The molecule has 0 saturated carbocycles. The van der Waals surface area contributed by atoms with Crippen molar-refractivity contribution in [3.63, 3.8) is 0 Å². The first-order chi connectivity index (χ1) is 14.9. The topological polar surface area (TPSA) is 88.2 Å². The molecule has 1 amide bonds. The molecule has 3 rings (SSSR count). The van der Waals surface area contributed by atoms with Crippen LogP contribution in [0.5, 0.6) is 5.75 Å². The number of carbonyl (C=O) groups excluding carboxylic acids is 1. The SMILES string of the molecule is CC[C@@H]1CN(S(=O)(=O)c2ccc(OC)cc2)CC[C@H]1CC(=O)NCCN1CCOCC1. The zero-order valence-corrected chi connectivity index (χ0v) is 19.4. The third-order valence-electron chi connectivity index (χ3n) is 6.38. The maximum absolute atomic E-state index is 13.1. The Morgan fingerprint density at radius 1 is 1.16 bits per heavy atom. The maximum atomic E-state index is 13.1. The van der Waals surface area contributed by atoms with Crippen molar-refractivity contribution in [1.29, 1.82) is 0 Å². The average molecular weight is 454 g/mol. The van der Waals surface area contributed by atoms with Gasteiger partial charge in [0.1, 0.15) is 5.75 Å². The normalized spacial score (nSPS) is 23.4. The van der Waals surface area contributed by atoms with Crippen molar-refractivity contribution in [3.8, 4) is 5.75 Å². The molecule has 0 spiro atoms. The summed E-state index contributed by atoms with van der Waals surface area (Å²) in [7, 11) is -1.99. The van der Waals surface area contributed by atoms with E-state index in [4.69, 9.17) is 9.47 Å². The fourth-order valence-corrected chi connectivity index (χ4v) is 5.89. The van der Waals surface area contributed by atoms with Crippen LogP contribution in [-0.4, -0.2) is 83.1 Å². The second kappa shape index (κ2) is 11.3. The van der Waals surface area contributed by atoms with Crippen molar-refractivity contribution in [2.24, 2.45) is 11.8 Å². The number of morpholine rings is 1. The number of amides is 1. The molecule has 2 atom stereocenters. The highest BCUT2D eigenvalue weighted by atomic mass is 32.2. The number of sulfonamides is 1. The standard InChI is InChI=1S/C22H35N3O5S/c1-3-18-17-25(31(27,28)21-6-4-20(29-2)5-7-21)10-8-19(18)16-22(26)23-9-11-24-12-14-30-15-13-24/h4-7,18-19H,3,8-17H2,1-2H3,(H,23,26)/t18-,19+/m1/s1. The quantitative estimate of drug-likeness (QED) is 0.611. The monoisotopic (exact) mass is 453 g/mol. The number of benzene rings is 1. The Morgan fingerprint density at radius 2 is 1.87 bits per heavy atom. The number of nitrogens with one attached hydrogen (secondary N) is 1. The van der Waals surface area contributed by atoms with E-state index in [1.807, 2.05) is 0 Å². The van der Waals surface area contributed by atoms with Crippen molar-refractivity contribution in [2.45, 2.75) is 31.1 Å². The van der Waals surface area contributed by atoms with Crippen LogP contribution in [0.25, 0.3) is 0 Å². The lowest BCUT2D eigenvalue weighted by Gasteiger charge is -2.37. The van der Waals surface area contributed by atoms with Gasteiger partial charge in [0.2, 0.25) is 15.9 Å². The predicted octanol–water partition coefficient (Wildman–Crippen LogP) is 1.57. The molecule has 1 aromatic rings. The van der Waals surface area contributed by atoms with Gasteiger partial charge in [0, 0.05) is 45.7 Å². The van der Waals surface area contributed by atoms with Crippen LogP contribution in [0, 0.1) is 11.8 Å². The number of nitrogens with zero attached hydrogens (tertiary/aromatic N) is 2. The van der Waals surface area contributed by atoms with E-state index in [-0.39, 0.29) is 22.6 Å². The molecule has 0 bridgehead atoms. The average Bonchev–Trinajstić information content (AvgIpc) is 2.80. The summed E-state index contributed by atoms with van der Waals surface area (Å²) in [6.45, 7) is 7.77. The highest BCUT2D eigenvalue weighted by Gasteiger charge is 2.35. The van der Waals surface area contributed by atoms with Crippen LogP contribution in [0.1, 0.15) is 26.2 Å². The minimum absolute atomic E-state index is 0.0585. The molecule has 0 aliphatic carbocycles. The lowest BCUT2D eigenvalue weighted by atomic mass is 9.82. The third-order valence-corrected chi connectivity index (χ3v) is 8.26. The number of methoxy groups -OCH3 is 1. The van der Waals surface area contributed by atoms with E-state index in [1.165, 1.54) is 0 Å². The molecule has 2 heterocycles. The first kappa shape index (κ1) is 24.0. The van der Waals surface area contributed by atoms with E-state index in [0.717, 1.165) is 39.3 Å². The third kappa shape index (κ3) is 6.41. The van der Waals surface area contributed by atoms with Crippen molar-refractivity contribution in [3.05, 3.63) is 24.3 Å². The van der Waals surface area contributed by atoms with Gasteiger partial charge in [0.05, 0.1) is 25.2 Å². The Hall–Kier alpha value is -1.68. The van der Waals surface area contributed by atoms with Gasteiger partial charge in [-0.05, 0) is 42.5 Å². The summed E-state index contributed by atoms with van der Waals surface area (Å²) in [6, 6.07) is 6.50. The predicted molar refractivity (Wildman–Crippen MR) is 119 cm³/mol. The molecule has 0 unspecified atom stereocenters. The highest BCUT2D eigenvalue weighted by molar-refractivity contribution is 7.89. The summed E-state index contributed by atoms with van der Waals surface area (Å²) in [5, 5.41) is 3.03. The highest BCUT2D eigenvalue weighted by Crippen LogP contribution is 2.32. The van der Waals surface area contributed by atoms with Gasteiger partial charge in [-0.1, -0.05) is 13.3 Å². The number of ether oxygens (including phenoxy) is 2. The van der Waals surface area contributed by atoms with Crippen LogP contribution in [0.2, 0.25) is 0 Å². The number of piperidine rings is 1. The summed E-state index contributed by atoms with van der Waals surface area (Å²) in [5.74, 6) is 1.06. The van der Waals surface area contributed by atoms with Gasteiger partial charge in [-0.3, -0.25) is 9.69 Å². The Kier molecular flexibility index (Phi) is 8.71. The summed E-state index contributed by atoms with van der Waals surface area (Å²) in [5.41, 5.74) is 0. The Labute approximate surface area is 185 Å². The van der Waals surface area contributed by atoms with Crippen LogP contribution in [0.15, 0.2) is 29.2 Å². The van der Waals surface area contributed by atoms with Gasteiger partial charge in [-0.25, -0.2) is 8.42 Å². The largest absolute Gasteiger partial charge is 0.497 e. The lowest BCUT2D eigenvalue weighted by molar-refractivity contribution is -0.122. The Bertz CT molecular complexity index is 809. The van der Waals surface area contributed by atoms with Gasteiger partial charge < -0.3 is 14.8 Å². The molecule has 8 nitrogen and oxygen atoms in total. The molecule has 1 aromatic carbocycles. The first-order valence-electron chi connectivity index (χ1n) is 11.1. The second-order valence-electron chi connectivity index (χ2n) is 8.26. The zero-order chi connectivity index (χ0) is 22.3. The Morgan fingerprint density at radius 3 is 2.52 bits per heavy atom. The van der Waals surface area contributed by atoms with E-state index in [1.54, 1.807) is 35.7 Å². The van der Waals surface area contributed by atoms with Crippen LogP contribution in [-0.2, 0) is 19.6 Å². The molecule has 1 N–H and O–H groups in total. The van der Waals surface area contributed by atoms with Crippen LogP contribution in [0.3, 0.4) is 0 Å². The van der Waals surface area contributed by atoms with Gasteiger partial charge in [-0.15, -0.1) is 0 Å². The summed E-state index contributed by atoms with van der Waals surface area (Å²) in [4.78, 5) is 15.0. The van der Waals surface area contributed by atoms with Crippen LogP contribution < -0.4 is 10.1 Å². The fourth-order valence-electron chi connectivity index (χ4n) is 4.38. The van der Waals surface area contributed by atoms with E-state index < -0.39 is 10.0 Å². The van der Waals surface area contributed by atoms with E-state index >= 15 is 0 Å². The second-order valence-corrected chi connectivity index (χ2v) is 10.2. The molecule has 2 fully saturated rings. The summed E-state index contributed by atoms with van der Waals surface area (Å²) >= 11 is 0. The molecular formula is C22H35N3O5S. The Balaban J connectivity index is 1.50. The molecule has 0 radical (unpaired) electrons. The summed E-state index contributed by atoms with van der Waals surface area (Å²) in [6.07, 6.45) is 2.00. The van der Waals surface area contributed by atoms with Crippen LogP contribution in [0.4, 0.5) is 0 Å². The molecule has 2 saturated heterocycles. The molecule has 2 aliphatic rings.